The molecule has 2 aromatic heterocycles. The van der Waals surface area contributed by atoms with Gasteiger partial charge in [-0.05, 0) is 38.6 Å². The SMILES string of the molecule is COc1cc(NCCN(C)C)c(N)cc1Nc1ncc(OCC(F)F)c(-c2cn3c4c(cccc24)CCC3)n1. The number of hydrogen-bond donors (Lipinski definition) is 3. The van der Waals surface area contributed by atoms with E-state index in [1.54, 1.807) is 13.2 Å². The second kappa shape index (κ2) is 11.3. The number of ether oxygens (including phenoxy) is 2. The topological polar surface area (TPSA) is 102 Å². The lowest BCUT2D eigenvalue weighted by Gasteiger charge is -2.17. The summed E-state index contributed by atoms with van der Waals surface area (Å²) in [6, 6.07) is 9.73. The van der Waals surface area contributed by atoms with Gasteiger partial charge >= 0.3 is 0 Å². The molecule has 0 spiro atoms. The van der Waals surface area contributed by atoms with Gasteiger partial charge in [0.05, 0.1) is 35.9 Å². The molecule has 0 amide bonds. The average molecular weight is 538 g/mol. The van der Waals surface area contributed by atoms with Gasteiger partial charge < -0.3 is 35.3 Å². The first kappa shape index (κ1) is 26.5. The number of aryl methyl sites for hydroxylation is 2. The molecule has 3 heterocycles. The van der Waals surface area contributed by atoms with Crippen LogP contribution in [-0.2, 0) is 13.0 Å². The highest BCUT2D eigenvalue weighted by Gasteiger charge is 2.22. The second-order valence-corrected chi connectivity index (χ2v) is 9.76. The Hall–Kier alpha value is -4.12. The van der Waals surface area contributed by atoms with Crippen molar-refractivity contribution < 1.29 is 18.3 Å². The normalized spacial score (nSPS) is 12.8. The van der Waals surface area contributed by atoms with Gasteiger partial charge in [0.25, 0.3) is 6.43 Å². The van der Waals surface area contributed by atoms with Crippen molar-refractivity contribution in [1.29, 1.82) is 0 Å². The van der Waals surface area contributed by atoms with Crippen molar-refractivity contribution in [3.8, 4) is 22.8 Å². The summed E-state index contributed by atoms with van der Waals surface area (Å²) in [7, 11) is 5.57. The van der Waals surface area contributed by atoms with E-state index in [-0.39, 0.29) is 11.7 Å². The summed E-state index contributed by atoms with van der Waals surface area (Å²) in [5, 5.41) is 7.50. The summed E-state index contributed by atoms with van der Waals surface area (Å²) in [4.78, 5) is 11.2. The molecule has 0 saturated heterocycles. The monoisotopic (exact) mass is 537 g/mol. The molecule has 4 aromatic rings. The molecule has 0 radical (unpaired) electrons. The van der Waals surface area contributed by atoms with Crippen LogP contribution < -0.4 is 25.8 Å². The van der Waals surface area contributed by atoms with Crippen molar-refractivity contribution in [2.24, 2.45) is 0 Å². The number of para-hydroxylation sites is 1. The molecule has 206 valence electrons. The summed E-state index contributed by atoms with van der Waals surface area (Å²) in [5.74, 6) is 0.996. The molecule has 0 aliphatic carbocycles. The molecule has 5 rings (SSSR count). The van der Waals surface area contributed by atoms with Crippen LogP contribution in [0.1, 0.15) is 12.0 Å². The van der Waals surface area contributed by atoms with Crippen LogP contribution in [0.3, 0.4) is 0 Å². The van der Waals surface area contributed by atoms with E-state index in [2.05, 4.69) is 31.2 Å². The highest BCUT2D eigenvalue weighted by atomic mass is 19.3. The second-order valence-electron chi connectivity index (χ2n) is 9.76. The summed E-state index contributed by atoms with van der Waals surface area (Å²) in [5.41, 5.74) is 11.8. The summed E-state index contributed by atoms with van der Waals surface area (Å²) >= 11 is 0. The first-order valence-corrected chi connectivity index (χ1v) is 12.9. The maximum atomic E-state index is 13.0. The maximum absolute atomic E-state index is 13.0. The third kappa shape index (κ3) is 5.68. The Kier molecular flexibility index (Phi) is 7.69. The Morgan fingerprint density at radius 2 is 2.03 bits per heavy atom. The third-order valence-electron chi connectivity index (χ3n) is 6.69. The predicted molar refractivity (Wildman–Crippen MR) is 151 cm³/mol. The van der Waals surface area contributed by atoms with E-state index in [1.165, 1.54) is 11.8 Å². The molecule has 39 heavy (non-hydrogen) atoms. The minimum absolute atomic E-state index is 0.191. The highest BCUT2D eigenvalue weighted by Crippen LogP contribution is 2.40. The van der Waals surface area contributed by atoms with Crippen molar-refractivity contribution in [3.05, 3.63) is 48.3 Å². The van der Waals surface area contributed by atoms with Crippen LogP contribution in [-0.4, -0.2) is 66.8 Å². The number of likely N-dealkylation sites (N-methyl/N-ethyl adjacent to an activating group) is 1. The fourth-order valence-corrected chi connectivity index (χ4v) is 4.88. The van der Waals surface area contributed by atoms with E-state index in [0.717, 1.165) is 54.6 Å². The van der Waals surface area contributed by atoms with Crippen LogP contribution >= 0.6 is 0 Å². The van der Waals surface area contributed by atoms with Crippen LogP contribution in [0.15, 0.2) is 42.7 Å². The fraction of sp³-hybridized carbons (Fsp3) is 0.357. The van der Waals surface area contributed by atoms with Crippen molar-refractivity contribution >= 4 is 33.9 Å². The van der Waals surface area contributed by atoms with E-state index < -0.39 is 13.0 Å². The smallest absolute Gasteiger partial charge is 0.272 e. The van der Waals surface area contributed by atoms with Gasteiger partial charge in [-0.3, -0.25) is 0 Å². The number of nitrogens with one attached hydrogen (secondary N) is 2. The number of anilines is 4. The van der Waals surface area contributed by atoms with Crippen molar-refractivity contribution in [2.75, 3.05) is 57.3 Å². The van der Waals surface area contributed by atoms with Crippen LogP contribution in [0.2, 0.25) is 0 Å². The van der Waals surface area contributed by atoms with Crippen molar-refractivity contribution in [1.82, 2.24) is 19.4 Å². The van der Waals surface area contributed by atoms with E-state index in [9.17, 15) is 8.78 Å². The summed E-state index contributed by atoms with van der Waals surface area (Å²) in [6.07, 6.45) is 2.84. The molecule has 0 saturated carbocycles. The Morgan fingerprint density at radius 1 is 1.18 bits per heavy atom. The van der Waals surface area contributed by atoms with Crippen LogP contribution in [0.4, 0.5) is 31.8 Å². The lowest BCUT2D eigenvalue weighted by molar-refractivity contribution is 0.0819. The van der Waals surface area contributed by atoms with Crippen LogP contribution in [0, 0.1) is 0 Å². The molecule has 0 bridgehead atoms. The number of rotatable bonds is 11. The number of methoxy groups -OCH3 is 1. The molecule has 0 unspecified atom stereocenters. The zero-order chi connectivity index (χ0) is 27.5. The third-order valence-corrected chi connectivity index (χ3v) is 6.69. The van der Waals surface area contributed by atoms with Gasteiger partial charge in [-0.25, -0.2) is 18.7 Å². The van der Waals surface area contributed by atoms with Gasteiger partial charge in [0.2, 0.25) is 5.95 Å². The Morgan fingerprint density at radius 3 is 2.79 bits per heavy atom. The summed E-state index contributed by atoms with van der Waals surface area (Å²) in [6.45, 7) is 1.69. The number of nitrogens with zero attached hydrogens (tertiary/aromatic N) is 4. The number of nitrogen functional groups attached to an aromatic ring is 1. The first-order chi connectivity index (χ1) is 18.8. The van der Waals surface area contributed by atoms with Gasteiger partial charge in [-0.2, -0.15) is 0 Å². The largest absolute Gasteiger partial charge is 0.494 e. The predicted octanol–water partition coefficient (Wildman–Crippen LogP) is 5.00. The van der Waals surface area contributed by atoms with Gasteiger partial charge in [-0.15, -0.1) is 0 Å². The molecule has 0 fully saturated rings. The minimum Gasteiger partial charge on any atom is -0.494 e. The molecule has 11 heteroatoms. The average Bonchev–Trinajstić information content (AvgIpc) is 3.29. The van der Waals surface area contributed by atoms with E-state index in [0.29, 0.717) is 22.8 Å². The standard InChI is InChI=1S/C28H33F2N7O2/c1-36(2)11-9-32-21-13-23(38-3)22(12-20(21)31)34-28-33-14-24(39-16-25(29)30)26(35-28)19-15-37-10-5-7-17-6-4-8-18(19)27(17)37/h4,6,8,12-15,25,32H,5,7,9-11,16,31H2,1-3H3,(H,33,34,35). The molecule has 1 aliphatic rings. The number of aromatic nitrogens is 3. The number of hydrogen-bond acceptors (Lipinski definition) is 8. The van der Waals surface area contributed by atoms with Gasteiger partial charge in [0.15, 0.2) is 5.75 Å². The molecule has 9 nitrogen and oxygen atoms in total. The van der Waals surface area contributed by atoms with E-state index in [1.807, 2.05) is 38.5 Å². The number of alkyl halides is 2. The summed E-state index contributed by atoms with van der Waals surface area (Å²) < 4.78 is 39.4. The van der Waals surface area contributed by atoms with Crippen LogP contribution in [0.25, 0.3) is 22.2 Å². The minimum atomic E-state index is -2.62. The Bertz CT molecular complexity index is 1470. The lowest BCUT2D eigenvalue weighted by atomic mass is 10.0. The molecular weight excluding hydrogens is 504 g/mol. The zero-order valence-electron chi connectivity index (χ0n) is 22.3. The number of halogens is 2. The molecule has 4 N–H and O–H groups in total. The van der Waals surface area contributed by atoms with E-state index >= 15 is 0 Å². The Labute approximate surface area is 225 Å². The maximum Gasteiger partial charge on any atom is 0.272 e. The van der Waals surface area contributed by atoms with Crippen molar-refractivity contribution in [3.63, 3.8) is 0 Å². The lowest BCUT2D eigenvalue weighted by Crippen LogP contribution is -2.21. The van der Waals surface area contributed by atoms with Gasteiger partial charge in [0, 0.05) is 42.8 Å². The first-order valence-electron chi connectivity index (χ1n) is 12.9. The van der Waals surface area contributed by atoms with E-state index in [4.69, 9.17) is 20.2 Å². The molecular formula is C28H33F2N7O2. The Balaban J connectivity index is 1.51. The quantitative estimate of drug-likeness (QED) is 0.230. The zero-order valence-corrected chi connectivity index (χ0v) is 22.3. The molecule has 2 aromatic carbocycles. The number of benzene rings is 2. The van der Waals surface area contributed by atoms with Crippen molar-refractivity contribution in [2.45, 2.75) is 25.8 Å². The molecule has 1 aliphatic heterocycles. The fourth-order valence-electron chi connectivity index (χ4n) is 4.88. The molecule has 0 atom stereocenters. The van der Waals surface area contributed by atoms with Crippen LogP contribution in [0.5, 0.6) is 11.5 Å². The highest BCUT2D eigenvalue weighted by molar-refractivity contribution is 5.98. The van der Waals surface area contributed by atoms with Gasteiger partial charge in [-0.1, -0.05) is 18.2 Å². The van der Waals surface area contributed by atoms with Gasteiger partial charge in [0.1, 0.15) is 18.1 Å². The number of nitrogens with two attached hydrogens (primary N) is 1.